The van der Waals surface area contributed by atoms with Crippen LogP contribution in [0.1, 0.15) is 6.42 Å². The largest absolute Gasteiger partial charge is 0.466 e. The molecule has 0 fully saturated rings. The quantitative estimate of drug-likeness (QED) is 0.142. The van der Waals surface area contributed by atoms with Crippen molar-refractivity contribution in [3.05, 3.63) is 132 Å². The van der Waals surface area contributed by atoms with E-state index in [9.17, 15) is 9.59 Å². The molecule has 0 saturated heterocycles. The molecule has 0 aliphatic heterocycles. The average Bonchev–Trinajstić information content (AvgIpc) is 3.13. The molecular formula is C42H30N2O4. The van der Waals surface area contributed by atoms with Crippen LogP contribution in [0, 0.1) is 0 Å². The Balaban J connectivity index is 1.15. The summed E-state index contributed by atoms with van der Waals surface area (Å²) in [5, 5.41) is 20.9. The van der Waals surface area contributed by atoms with E-state index >= 15 is 0 Å². The Hall–Kier alpha value is -6.14. The van der Waals surface area contributed by atoms with Gasteiger partial charge in [0.1, 0.15) is 0 Å². The molecule has 0 bridgehead atoms. The van der Waals surface area contributed by atoms with E-state index < -0.39 is 18.0 Å². The van der Waals surface area contributed by atoms with Crippen LogP contribution in [-0.2, 0) is 19.1 Å². The minimum atomic E-state index is -0.545. The molecule has 0 saturated carbocycles. The maximum absolute atomic E-state index is 13.4. The fourth-order valence-electron chi connectivity index (χ4n) is 7.68. The molecule has 8 aromatic carbocycles. The van der Waals surface area contributed by atoms with Gasteiger partial charge in [-0.15, -0.1) is 0 Å². The van der Waals surface area contributed by atoms with Gasteiger partial charge in [0.05, 0.1) is 31.4 Å². The van der Waals surface area contributed by atoms with Crippen LogP contribution in [0.25, 0.3) is 64.6 Å². The summed E-state index contributed by atoms with van der Waals surface area (Å²) < 4.78 is 10.6. The van der Waals surface area contributed by atoms with E-state index in [0.29, 0.717) is 16.8 Å². The van der Waals surface area contributed by atoms with Gasteiger partial charge >= 0.3 is 11.9 Å². The summed E-state index contributed by atoms with van der Waals surface area (Å²) in [5.41, 5.74) is 3.05. The summed E-state index contributed by atoms with van der Waals surface area (Å²) in [6.45, 7) is 0. The van der Waals surface area contributed by atoms with E-state index in [-0.39, 0.29) is 6.42 Å². The number of hydrogen-bond donors (Lipinski definition) is 2. The van der Waals surface area contributed by atoms with Gasteiger partial charge in [0.15, 0.2) is 0 Å². The lowest BCUT2D eigenvalue weighted by Gasteiger charge is -2.29. The van der Waals surface area contributed by atoms with Gasteiger partial charge in [-0.2, -0.15) is 0 Å². The Kier molecular flexibility index (Phi) is 6.27. The van der Waals surface area contributed by atoms with Gasteiger partial charge in [-0.25, -0.2) is 9.59 Å². The van der Waals surface area contributed by atoms with Crippen LogP contribution in [0.5, 0.6) is 0 Å². The summed E-state index contributed by atoms with van der Waals surface area (Å²) in [6.07, 6.45) is 1.94. The first-order chi connectivity index (χ1) is 23.5. The minimum Gasteiger partial charge on any atom is -0.466 e. The molecule has 48 heavy (non-hydrogen) atoms. The second-order valence-electron chi connectivity index (χ2n) is 12.4. The van der Waals surface area contributed by atoms with Crippen molar-refractivity contribution in [3.63, 3.8) is 0 Å². The van der Waals surface area contributed by atoms with Gasteiger partial charge in [0.2, 0.25) is 0 Å². The highest BCUT2D eigenvalue weighted by Crippen LogP contribution is 2.41. The van der Waals surface area contributed by atoms with E-state index in [1.807, 2.05) is 12.1 Å². The number of methoxy groups -OCH3 is 2. The Bertz CT molecular complexity index is 2640. The van der Waals surface area contributed by atoms with Gasteiger partial charge in [0, 0.05) is 34.3 Å². The molecular weight excluding hydrogens is 596 g/mol. The molecule has 0 heterocycles. The standard InChI is InChI=1S/C42H30N2O4/c1-47-41(45)31-21-36(44-34-20-16-28-12-10-24-6-4-8-26-14-18-30(34)40(28)38(24)26)32(42(46)48-2)22-35(31)43-33-19-15-27-11-9-23-5-3-7-25-13-17-29(33)39(27)37(23)25/h3-21,35,43-44H,22H2,1-2H3. The molecule has 9 rings (SSSR count). The lowest BCUT2D eigenvalue weighted by molar-refractivity contribution is -0.138. The summed E-state index contributed by atoms with van der Waals surface area (Å²) in [7, 11) is 2.76. The highest BCUT2D eigenvalue weighted by Gasteiger charge is 2.32. The SMILES string of the molecule is COC(=O)C1=CC(Nc2ccc3ccc4cccc5ccc2c3c45)=C(C(=O)OC)CC1Nc1ccc2ccc3cccc4ccc1c2c34. The number of anilines is 2. The number of nitrogens with one attached hydrogen (secondary N) is 2. The van der Waals surface area contributed by atoms with Gasteiger partial charge in [-0.05, 0) is 72.1 Å². The van der Waals surface area contributed by atoms with Crippen LogP contribution >= 0.6 is 0 Å². The summed E-state index contributed by atoms with van der Waals surface area (Å²) >= 11 is 0. The second kappa shape index (κ2) is 10.7. The molecule has 0 spiro atoms. The van der Waals surface area contributed by atoms with Crippen LogP contribution in [0.4, 0.5) is 11.4 Å². The second-order valence-corrected chi connectivity index (χ2v) is 12.4. The molecule has 0 radical (unpaired) electrons. The predicted molar refractivity (Wildman–Crippen MR) is 195 cm³/mol. The first-order valence-corrected chi connectivity index (χ1v) is 16.0. The molecule has 1 aliphatic carbocycles. The van der Waals surface area contributed by atoms with Crippen LogP contribution in [0.3, 0.4) is 0 Å². The van der Waals surface area contributed by atoms with E-state index in [4.69, 9.17) is 9.47 Å². The smallest absolute Gasteiger partial charge is 0.335 e. The maximum Gasteiger partial charge on any atom is 0.335 e. The molecule has 1 aliphatic rings. The number of carbonyl (C=O) groups is 2. The van der Waals surface area contributed by atoms with Crippen molar-refractivity contribution >= 4 is 87.9 Å². The van der Waals surface area contributed by atoms with Crippen molar-refractivity contribution in [2.75, 3.05) is 24.9 Å². The lowest BCUT2D eigenvalue weighted by atomic mass is 9.89. The minimum absolute atomic E-state index is 0.212. The van der Waals surface area contributed by atoms with Gasteiger partial charge in [-0.3, -0.25) is 0 Å². The first kappa shape index (κ1) is 28.1. The highest BCUT2D eigenvalue weighted by molar-refractivity contribution is 6.26. The van der Waals surface area contributed by atoms with Gasteiger partial charge in [-0.1, -0.05) is 97.1 Å². The third kappa shape index (κ3) is 4.19. The van der Waals surface area contributed by atoms with Crippen molar-refractivity contribution in [2.24, 2.45) is 0 Å². The Morgan fingerprint density at radius 2 is 1.02 bits per heavy atom. The number of hydrogen-bond acceptors (Lipinski definition) is 6. The van der Waals surface area contributed by atoms with Crippen LogP contribution in [0.15, 0.2) is 132 Å². The third-order valence-electron chi connectivity index (χ3n) is 9.92. The number of benzene rings is 8. The van der Waals surface area contributed by atoms with Crippen molar-refractivity contribution in [3.8, 4) is 0 Å². The molecule has 232 valence electrons. The van der Waals surface area contributed by atoms with E-state index in [0.717, 1.165) is 43.7 Å². The zero-order chi connectivity index (χ0) is 32.5. The Morgan fingerprint density at radius 1 is 0.562 bits per heavy atom. The zero-order valence-electron chi connectivity index (χ0n) is 26.4. The molecule has 1 unspecified atom stereocenters. The molecule has 0 aromatic heterocycles. The topological polar surface area (TPSA) is 76.7 Å². The van der Waals surface area contributed by atoms with Crippen molar-refractivity contribution in [1.82, 2.24) is 0 Å². The van der Waals surface area contributed by atoms with E-state index in [1.54, 1.807) is 6.08 Å². The maximum atomic E-state index is 13.4. The van der Waals surface area contributed by atoms with Crippen molar-refractivity contribution < 1.29 is 19.1 Å². The number of allylic oxidation sites excluding steroid dienone is 1. The van der Waals surface area contributed by atoms with E-state index in [2.05, 4.69) is 108 Å². The molecule has 6 heteroatoms. The molecule has 6 nitrogen and oxygen atoms in total. The predicted octanol–water partition coefficient (Wildman–Crippen LogP) is 9.30. The third-order valence-corrected chi connectivity index (χ3v) is 9.92. The summed E-state index contributed by atoms with van der Waals surface area (Å²) in [5.74, 6) is -0.929. The average molecular weight is 627 g/mol. The fraction of sp³-hybridized carbons (Fsp3) is 0.0952. The monoisotopic (exact) mass is 626 g/mol. The normalized spacial score (nSPS) is 15.2. The van der Waals surface area contributed by atoms with Crippen LogP contribution in [0.2, 0.25) is 0 Å². The summed E-state index contributed by atoms with van der Waals surface area (Å²) in [6, 6.07) is 37.4. The van der Waals surface area contributed by atoms with Crippen molar-refractivity contribution in [1.29, 1.82) is 0 Å². The fourth-order valence-corrected chi connectivity index (χ4v) is 7.68. The molecule has 0 amide bonds. The molecule has 2 N–H and O–H groups in total. The van der Waals surface area contributed by atoms with E-state index in [1.165, 1.54) is 46.5 Å². The number of esters is 2. The number of rotatable bonds is 6. The lowest BCUT2D eigenvalue weighted by Crippen LogP contribution is -2.33. The highest BCUT2D eigenvalue weighted by atomic mass is 16.5. The van der Waals surface area contributed by atoms with Crippen LogP contribution < -0.4 is 10.6 Å². The Morgan fingerprint density at radius 3 is 1.56 bits per heavy atom. The van der Waals surface area contributed by atoms with Crippen molar-refractivity contribution in [2.45, 2.75) is 12.5 Å². The van der Waals surface area contributed by atoms with Crippen LogP contribution in [-0.4, -0.2) is 32.2 Å². The molecule has 8 aromatic rings. The molecule has 1 atom stereocenters. The van der Waals surface area contributed by atoms with Gasteiger partial charge in [0.25, 0.3) is 0 Å². The van der Waals surface area contributed by atoms with Gasteiger partial charge < -0.3 is 20.1 Å². The number of ether oxygens (including phenoxy) is 2. The zero-order valence-corrected chi connectivity index (χ0v) is 26.4. The first-order valence-electron chi connectivity index (χ1n) is 16.0. The Labute approximate surface area is 275 Å². The summed E-state index contributed by atoms with van der Waals surface area (Å²) in [4.78, 5) is 26.8. The number of carbonyl (C=O) groups excluding carboxylic acids is 2.